The fraction of sp³-hybridized carbons (Fsp3) is 0. The van der Waals surface area contributed by atoms with E-state index in [2.05, 4.69) is 228 Å². The summed E-state index contributed by atoms with van der Waals surface area (Å²) < 4.78 is 14.2. The number of hydrogen-bond acceptors (Lipinski definition) is 4. The molecule has 2 heterocycles. The average molecular weight is 805 g/mol. The first kappa shape index (κ1) is 35.5. The first-order valence-corrected chi connectivity index (χ1v) is 21.5. The van der Waals surface area contributed by atoms with E-state index in [1.807, 2.05) is 6.07 Å². The van der Waals surface area contributed by atoms with Crippen molar-refractivity contribution in [1.29, 1.82) is 0 Å². The van der Waals surface area contributed by atoms with Crippen LogP contribution in [0.5, 0.6) is 23.0 Å². The molecule has 0 N–H and O–H groups in total. The zero-order valence-corrected chi connectivity index (χ0v) is 34.2. The van der Waals surface area contributed by atoms with Crippen LogP contribution in [0.4, 0.5) is 34.1 Å². The van der Waals surface area contributed by atoms with Crippen molar-refractivity contribution < 1.29 is 9.47 Å². The van der Waals surface area contributed by atoms with Gasteiger partial charge in [-0.25, -0.2) is 0 Å². The Bertz CT molecular complexity index is 3490. The van der Waals surface area contributed by atoms with Crippen LogP contribution < -0.4 is 35.7 Å². The van der Waals surface area contributed by atoms with Gasteiger partial charge in [-0.1, -0.05) is 152 Å². The third-order valence-corrected chi connectivity index (χ3v) is 12.9. The number of ether oxygens (including phenoxy) is 2. The molecule has 63 heavy (non-hydrogen) atoms. The molecule has 5 heteroatoms. The van der Waals surface area contributed by atoms with Crippen LogP contribution in [0.2, 0.25) is 0 Å². The van der Waals surface area contributed by atoms with E-state index in [-0.39, 0.29) is 6.71 Å². The standard InChI is InChI=1S/C58H37BN2O2/c1-3-20-42(21-4-1)60(43-22-5-2-6-23-43)50-36-54-56(48-26-13-11-24-46(48)50)59-57-49-27-14-12-25-47(49)51(37-55(57)63-53-29-15-28-52(62-54)58(53)59)61(44-32-30-38-16-7-9-18-40(38)34-44)45-33-31-39-17-8-10-19-41(39)35-45/h1-37H. The number of hydrogen-bond donors (Lipinski definition) is 0. The highest BCUT2D eigenvalue weighted by atomic mass is 16.5. The Morgan fingerprint density at radius 2 is 0.667 bits per heavy atom. The van der Waals surface area contributed by atoms with Gasteiger partial charge in [-0.15, -0.1) is 0 Å². The van der Waals surface area contributed by atoms with Gasteiger partial charge in [0.05, 0.1) is 11.4 Å². The molecule has 0 amide bonds. The maximum atomic E-state index is 7.13. The topological polar surface area (TPSA) is 24.9 Å². The van der Waals surface area contributed by atoms with Gasteiger partial charge < -0.3 is 19.3 Å². The van der Waals surface area contributed by atoms with Gasteiger partial charge in [0.15, 0.2) is 0 Å². The molecule has 4 nitrogen and oxygen atoms in total. The predicted molar refractivity (Wildman–Crippen MR) is 264 cm³/mol. The Morgan fingerprint density at radius 3 is 1.14 bits per heavy atom. The maximum Gasteiger partial charge on any atom is 0.262 e. The fourth-order valence-electron chi connectivity index (χ4n) is 10.1. The lowest BCUT2D eigenvalue weighted by molar-refractivity contribution is 0.465. The number of fused-ring (bicyclic) bond motifs is 10. The zero-order chi connectivity index (χ0) is 41.4. The zero-order valence-electron chi connectivity index (χ0n) is 34.2. The summed E-state index contributed by atoms with van der Waals surface area (Å²) in [6.07, 6.45) is 0. The molecule has 0 radical (unpaired) electrons. The maximum absolute atomic E-state index is 7.13. The molecule has 294 valence electrons. The summed E-state index contributed by atoms with van der Waals surface area (Å²) in [6.45, 7) is -0.168. The molecule has 0 spiro atoms. The van der Waals surface area contributed by atoms with E-state index in [4.69, 9.17) is 9.47 Å². The summed E-state index contributed by atoms with van der Waals surface area (Å²) in [5.41, 5.74) is 9.72. The number of rotatable bonds is 6. The molecule has 2 aliphatic rings. The van der Waals surface area contributed by atoms with Crippen LogP contribution in [0.25, 0.3) is 43.1 Å². The molecule has 0 atom stereocenters. The van der Waals surface area contributed by atoms with Crippen molar-refractivity contribution in [3.63, 3.8) is 0 Å². The molecule has 11 aromatic carbocycles. The van der Waals surface area contributed by atoms with E-state index >= 15 is 0 Å². The number of benzene rings is 11. The quantitative estimate of drug-likeness (QED) is 0.156. The second kappa shape index (κ2) is 14.2. The molecular weight excluding hydrogens is 767 g/mol. The van der Waals surface area contributed by atoms with Crippen molar-refractivity contribution in [1.82, 2.24) is 0 Å². The summed E-state index contributed by atoms with van der Waals surface area (Å²) in [5.74, 6) is 3.29. The predicted octanol–water partition coefficient (Wildman–Crippen LogP) is 14.0. The Morgan fingerprint density at radius 1 is 0.270 bits per heavy atom. The van der Waals surface area contributed by atoms with Crippen molar-refractivity contribution >= 4 is 100 Å². The van der Waals surface area contributed by atoms with Gasteiger partial charge in [0.25, 0.3) is 6.71 Å². The normalized spacial score (nSPS) is 12.3. The average Bonchev–Trinajstić information content (AvgIpc) is 3.34. The van der Waals surface area contributed by atoms with E-state index in [1.165, 1.54) is 21.5 Å². The van der Waals surface area contributed by atoms with E-state index < -0.39 is 0 Å². The molecule has 2 aliphatic heterocycles. The van der Waals surface area contributed by atoms with Crippen molar-refractivity contribution in [2.75, 3.05) is 9.80 Å². The van der Waals surface area contributed by atoms with Crippen molar-refractivity contribution in [2.24, 2.45) is 0 Å². The molecule has 0 unspecified atom stereocenters. The highest BCUT2D eigenvalue weighted by Crippen LogP contribution is 2.47. The summed E-state index contributed by atoms with van der Waals surface area (Å²) in [5, 5.41) is 9.33. The first-order valence-electron chi connectivity index (χ1n) is 21.5. The minimum atomic E-state index is -0.168. The van der Waals surface area contributed by atoms with Gasteiger partial charge in [-0.05, 0) is 104 Å². The molecule has 0 fully saturated rings. The molecule has 0 saturated carbocycles. The number of anilines is 6. The molecule has 0 bridgehead atoms. The van der Waals surface area contributed by atoms with Gasteiger partial charge in [0, 0.05) is 51.1 Å². The Kier molecular flexibility index (Phi) is 7.97. The molecule has 0 aromatic heterocycles. The summed E-state index contributed by atoms with van der Waals surface area (Å²) >= 11 is 0. The lowest BCUT2D eigenvalue weighted by atomic mass is 9.33. The van der Waals surface area contributed by atoms with Crippen LogP contribution >= 0.6 is 0 Å². The number of nitrogens with zero attached hydrogens (tertiary/aromatic N) is 2. The van der Waals surface area contributed by atoms with Gasteiger partial charge in [0.2, 0.25) is 0 Å². The van der Waals surface area contributed by atoms with Crippen LogP contribution in [0.1, 0.15) is 0 Å². The van der Waals surface area contributed by atoms with E-state index in [1.54, 1.807) is 0 Å². The fourth-order valence-corrected chi connectivity index (χ4v) is 10.1. The van der Waals surface area contributed by atoms with Gasteiger partial charge in [-0.2, -0.15) is 0 Å². The minimum absolute atomic E-state index is 0.168. The van der Waals surface area contributed by atoms with Crippen molar-refractivity contribution in [3.8, 4) is 23.0 Å². The molecule has 0 aliphatic carbocycles. The summed E-state index contributed by atoms with van der Waals surface area (Å²) in [4.78, 5) is 4.74. The highest BCUT2D eigenvalue weighted by molar-refractivity contribution is 7.01. The summed E-state index contributed by atoms with van der Waals surface area (Å²) in [7, 11) is 0. The first-order chi connectivity index (χ1) is 31.2. The lowest BCUT2D eigenvalue weighted by Crippen LogP contribution is -2.58. The molecule has 13 rings (SSSR count). The minimum Gasteiger partial charge on any atom is -0.458 e. The Balaban J connectivity index is 1.07. The summed E-state index contributed by atoms with van der Waals surface area (Å²) in [6, 6.07) is 80.2. The van der Waals surface area contributed by atoms with Gasteiger partial charge in [0.1, 0.15) is 23.0 Å². The Labute approximate surface area is 365 Å². The number of para-hydroxylation sites is 2. The van der Waals surface area contributed by atoms with Crippen LogP contribution in [0, 0.1) is 0 Å². The third-order valence-electron chi connectivity index (χ3n) is 12.9. The molecule has 11 aromatic rings. The van der Waals surface area contributed by atoms with Crippen molar-refractivity contribution in [2.45, 2.75) is 0 Å². The van der Waals surface area contributed by atoms with Gasteiger partial charge >= 0.3 is 0 Å². The molecular formula is C58H37BN2O2. The van der Waals surface area contributed by atoms with E-state index in [9.17, 15) is 0 Å². The SMILES string of the molecule is c1ccc(N(c2ccccc2)c2cc3c(c4ccccc24)B2c4c(cccc4Oc4cc(N(c5ccc6ccccc6c5)c5ccc6ccccc6c5)c5ccccc5c42)O3)cc1. The third kappa shape index (κ3) is 5.63. The molecule has 0 saturated heterocycles. The lowest BCUT2D eigenvalue weighted by Gasteiger charge is -2.37. The van der Waals surface area contributed by atoms with E-state index in [0.717, 1.165) is 95.1 Å². The van der Waals surface area contributed by atoms with E-state index in [0.29, 0.717) is 0 Å². The monoisotopic (exact) mass is 804 g/mol. The van der Waals surface area contributed by atoms with Crippen LogP contribution in [-0.4, -0.2) is 6.71 Å². The Hall–Kier alpha value is -8.28. The smallest absolute Gasteiger partial charge is 0.262 e. The van der Waals surface area contributed by atoms with Crippen molar-refractivity contribution in [3.05, 3.63) is 224 Å². The van der Waals surface area contributed by atoms with Crippen LogP contribution in [0.3, 0.4) is 0 Å². The van der Waals surface area contributed by atoms with Crippen LogP contribution in [-0.2, 0) is 0 Å². The highest BCUT2D eigenvalue weighted by Gasteiger charge is 2.43. The second-order valence-corrected chi connectivity index (χ2v) is 16.4. The van der Waals surface area contributed by atoms with Crippen LogP contribution in [0.15, 0.2) is 224 Å². The van der Waals surface area contributed by atoms with Gasteiger partial charge in [-0.3, -0.25) is 0 Å². The largest absolute Gasteiger partial charge is 0.458 e. The second-order valence-electron chi connectivity index (χ2n) is 16.4.